The highest BCUT2D eigenvalue weighted by Gasteiger charge is 2.40. The molecule has 126 valence electrons. The van der Waals surface area contributed by atoms with Gasteiger partial charge in [-0.25, -0.2) is 19.9 Å². The lowest BCUT2D eigenvalue weighted by molar-refractivity contribution is -0.0581. The molecule has 0 saturated carbocycles. The lowest BCUT2D eigenvalue weighted by Crippen LogP contribution is -2.52. The van der Waals surface area contributed by atoms with Crippen molar-refractivity contribution in [1.82, 2.24) is 29.4 Å². The van der Waals surface area contributed by atoms with Crippen molar-refractivity contribution in [2.45, 2.75) is 31.5 Å². The smallest absolute Gasteiger partial charge is 0.165 e. The number of likely N-dealkylation sites (tertiary alicyclic amines) is 1. The predicted octanol–water partition coefficient (Wildman–Crippen LogP) is 1.06. The van der Waals surface area contributed by atoms with E-state index in [-0.39, 0.29) is 6.04 Å². The molecule has 4 rings (SSSR count). The summed E-state index contributed by atoms with van der Waals surface area (Å²) in [6.45, 7) is 4.06. The first-order valence-electron chi connectivity index (χ1n) is 7.79. The van der Waals surface area contributed by atoms with E-state index in [1.54, 1.807) is 17.7 Å². The van der Waals surface area contributed by atoms with Crippen LogP contribution in [0.15, 0.2) is 23.5 Å². The Bertz CT molecular complexity index is 845. The van der Waals surface area contributed by atoms with Gasteiger partial charge in [0.05, 0.1) is 29.2 Å². The molecule has 24 heavy (non-hydrogen) atoms. The molecule has 2 atom stereocenters. The van der Waals surface area contributed by atoms with Crippen molar-refractivity contribution in [3.8, 4) is 0 Å². The zero-order valence-corrected chi connectivity index (χ0v) is 14.1. The fourth-order valence-corrected chi connectivity index (χ4v) is 4.02. The summed E-state index contributed by atoms with van der Waals surface area (Å²) in [6, 6.07) is -0.108. The van der Waals surface area contributed by atoms with Crippen molar-refractivity contribution in [3.05, 3.63) is 29.2 Å². The van der Waals surface area contributed by atoms with E-state index in [1.807, 2.05) is 22.4 Å². The fourth-order valence-electron chi connectivity index (χ4n) is 3.47. The Labute approximate surface area is 143 Å². The van der Waals surface area contributed by atoms with Crippen LogP contribution in [-0.4, -0.2) is 53.2 Å². The Morgan fingerprint density at radius 2 is 2.25 bits per heavy atom. The van der Waals surface area contributed by atoms with Gasteiger partial charge in [0.2, 0.25) is 0 Å². The van der Waals surface area contributed by atoms with Crippen molar-refractivity contribution in [2.24, 2.45) is 0 Å². The lowest BCUT2D eigenvalue weighted by Gasteiger charge is -2.43. The van der Waals surface area contributed by atoms with Gasteiger partial charge in [0, 0.05) is 25.0 Å². The molecule has 8 nitrogen and oxygen atoms in total. The second kappa shape index (κ2) is 5.76. The third-order valence-electron chi connectivity index (χ3n) is 4.57. The SMILES string of the molecule is C[C@@]1(O)CN(Cc2cscn2)CC[C@H]1n1cnc2c(N)ncnc21. The highest BCUT2D eigenvalue weighted by molar-refractivity contribution is 7.07. The van der Waals surface area contributed by atoms with Crippen LogP contribution in [0.3, 0.4) is 0 Å². The van der Waals surface area contributed by atoms with E-state index in [0.717, 1.165) is 25.2 Å². The maximum absolute atomic E-state index is 11.1. The Kier molecular flexibility index (Phi) is 3.70. The molecule has 0 aliphatic carbocycles. The number of aliphatic hydroxyl groups is 1. The van der Waals surface area contributed by atoms with Crippen LogP contribution in [0.1, 0.15) is 25.1 Å². The standard InChI is InChI=1S/C15H19N7OS/c1-15(23)6-21(4-10-5-24-9-20-10)3-2-11(15)22-8-19-12-13(16)17-7-18-14(12)22/h5,7-9,11,23H,2-4,6H2,1H3,(H2,16,17,18)/t11-,15-/m1/s1. The molecule has 3 N–H and O–H groups in total. The largest absolute Gasteiger partial charge is 0.387 e. The first-order chi connectivity index (χ1) is 11.5. The van der Waals surface area contributed by atoms with Crippen molar-refractivity contribution in [2.75, 3.05) is 18.8 Å². The number of piperidine rings is 1. The minimum atomic E-state index is -0.901. The monoisotopic (exact) mass is 345 g/mol. The number of β-amino-alcohol motifs (C(OH)–C–C–N with tert-alkyl or cyclic N) is 1. The predicted molar refractivity (Wildman–Crippen MR) is 91.4 cm³/mol. The summed E-state index contributed by atoms with van der Waals surface area (Å²) < 4.78 is 1.92. The van der Waals surface area contributed by atoms with Crippen molar-refractivity contribution in [1.29, 1.82) is 0 Å². The summed E-state index contributed by atoms with van der Waals surface area (Å²) in [6.07, 6.45) is 3.93. The number of nitrogens with zero attached hydrogens (tertiary/aromatic N) is 6. The molecular formula is C15H19N7OS. The highest BCUT2D eigenvalue weighted by Crippen LogP contribution is 2.34. The third-order valence-corrected chi connectivity index (χ3v) is 5.21. The van der Waals surface area contributed by atoms with Crippen LogP contribution < -0.4 is 5.73 Å². The van der Waals surface area contributed by atoms with Gasteiger partial charge >= 0.3 is 0 Å². The summed E-state index contributed by atoms with van der Waals surface area (Å²) in [5.41, 5.74) is 9.09. The number of thiazole rings is 1. The molecular weight excluding hydrogens is 326 g/mol. The van der Waals surface area contributed by atoms with E-state index in [4.69, 9.17) is 5.73 Å². The highest BCUT2D eigenvalue weighted by atomic mass is 32.1. The molecule has 0 radical (unpaired) electrons. The number of aromatic nitrogens is 5. The Morgan fingerprint density at radius 1 is 1.38 bits per heavy atom. The summed E-state index contributed by atoms with van der Waals surface area (Å²) in [5, 5.41) is 13.1. The van der Waals surface area contributed by atoms with E-state index in [1.165, 1.54) is 6.33 Å². The Morgan fingerprint density at radius 3 is 3.00 bits per heavy atom. The van der Waals surface area contributed by atoms with Crippen molar-refractivity contribution >= 4 is 28.3 Å². The number of nitrogen functional groups attached to an aromatic ring is 1. The van der Waals surface area contributed by atoms with Gasteiger partial charge in [0.1, 0.15) is 11.8 Å². The molecule has 4 heterocycles. The van der Waals surface area contributed by atoms with Crippen LogP contribution in [0.2, 0.25) is 0 Å². The zero-order chi connectivity index (χ0) is 16.7. The topological polar surface area (TPSA) is 106 Å². The molecule has 0 amide bonds. The zero-order valence-electron chi connectivity index (χ0n) is 13.3. The maximum atomic E-state index is 11.1. The van der Waals surface area contributed by atoms with Gasteiger partial charge < -0.3 is 15.4 Å². The number of nitrogens with two attached hydrogens (primary N) is 1. The molecule has 1 aliphatic heterocycles. The average molecular weight is 345 g/mol. The summed E-state index contributed by atoms with van der Waals surface area (Å²) in [5.74, 6) is 0.361. The van der Waals surface area contributed by atoms with Gasteiger partial charge in [-0.1, -0.05) is 0 Å². The molecule has 1 saturated heterocycles. The Balaban J connectivity index is 1.59. The van der Waals surface area contributed by atoms with Gasteiger partial charge in [-0.3, -0.25) is 4.90 Å². The maximum Gasteiger partial charge on any atom is 0.165 e. The van der Waals surface area contributed by atoms with Crippen LogP contribution in [-0.2, 0) is 6.54 Å². The normalized spacial score (nSPS) is 25.3. The van der Waals surface area contributed by atoms with Crippen LogP contribution in [0.25, 0.3) is 11.2 Å². The fraction of sp³-hybridized carbons (Fsp3) is 0.467. The van der Waals surface area contributed by atoms with Crippen molar-refractivity contribution in [3.63, 3.8) is 0 Å². The third kappa shape index (κ3) is 2.64. The first-order valence-corrected chi connectivity index (χ1v) is 8.74. The van der Waals surface area contributed by atoms with Crippen LogP contribution in [0, 0.1) is 0 Å². The van der Waals surface area contributed by atoms with E-state index >= 15 is 0 Å². The first kappa shape index (κ1) is 15.4. The summed E-state index contributed by atoms with van der Waals surface area (Å²) in [4.78, 5) is 19.1. The lowest BCUT2D eigenvalue weighted by atomic mass is 9.88. The molecule has 0 spiro atoms. The van der Waals surface area contributed by atoms with Crippen LogP contribution >= 0.6 is 11.3 Å². The molecule has 0 unspecified atom stereocenters. The number of hydrogen-bond acceptors (Lipinski definition) is 8. The van der Waals surface area contributed by atoms with Crippen molar-refractivity contribution < 1.29 is 5.11 Å². The number of anilines is 1. The van der Waals surface area contributed by atoms with E-state index < -0.39 is 5.60 Å². The summed E-state index contributed by atoms with van der Waals surface area (Å²) in [7, 11) is 0. The molecule has 9 heteroatoms. The minimum Gasteiger partial charge on any atom is -0.387 e. The number of hydrogen-bond donors (Lipinski definition) is 2. The molecule has 0 bridgehead atoms. The van der Waals surface area contributed by atoms with Gasteiger partial charge in [0.15, 0.2) is 11.5 Å². The van der Waals surface area contributed by atoms with Gasteiger partial charge in [-0.15, -0.1) is 11.3 Å². The van der Waals surface area contributed by atoms with Gasteiger partial charge in [0.25, 0.3) is 0 Å². The van der Waals surface area contributed by atoms with Crippen LogP contribution in [0.4, 0.5) is 5.82 Å². The molecule has 3 aromatic rings. The average Bonchev–Trinajstić information content (AvgIpc) is 3.17. The van der Waals surface area contributed by atoms with Gasteiger partial charge in [-0.05, 0) is 13.3 Å². The molecule has 1 aliphatic rings. The van der Waals surface area contributed by atoms with E-state index in [0.29, 0.717) is 23.5 Å². The molecule has 3 aromatic heterocycles. The quantitative estimate of drug-likeness (QED) is 0.731. The number of fused-ring (bicyclic) bond motifs is 1. The number of imidazole rings is 1. The van der Waals surface area contributed by atoms with Gasteiger partial charge in [-0.2, -0.15) is 0 Å². The van der Waals surface area contributed by atoms with Crippen LogP contribution in [0.5, 0.6) is 0 Å². The van der Waals surface area contributed by atoms with E-state index in [2.05, 4.69) is 24.8 Å². The molecule has 1 fully saturated rings. The molecule has 0 aromatic carbocycles. The Hall–Kier alpha value is -2.10. The summed E-state index contributed by atoms with van der Waals surface area (Å²) >= 11 is 1.59. The second-order valence-electron chi connectivity index (χ2n) is 6.44. The number of rotatable bonds is 3. The second-order valence-corrected chi connectivity index (χ2v) is 7.15. The van der Waals surface area contributed by atoms with E-state index in [9.17, 15) is 5.11 Å². The minimum absolute atomic E-state index is 0.108.